The molecule has 0 atom stereocenters. The maximum absolute atomic E-state index is 13.9. The smallest absolute Gasteiger partial charge is 0.309 e. The Morgan fingerprint density at radius 3 is 2.28 bits per heavy atom. The standard InChI is InChI=1S/C25H27F2NO4/c1-14-11-15(2)23(17(4)29)16(3)21(14)13-32-25(31)18-7-9-28(10-8-18)24(30)20-6-5-19(26)12-22(20)27/h5-6,11-12,18H,7-10,13H2,1-4H3. The van der Waals surface area contributed by atoms with Crippen molar-refractivity contribution < 1.29 is 27.9 Å². The van der Waals surface area contributed by atoms with E-state index in [0.29, 0.717) is 24.5 Å². The lowest BCUT2D eigenvalue weighted by Gasteiger charge is -2.31. The first-order valence-electron chi connectivity index (χ1n) is 10.6. The summed E-state index contributed by atoms with van der Waals surface area (Å²) < 4.78 is 32.6. The second-order valence-corrected chi connectivity index (χ2v) is 8.34. The molecule has 1 aliphatic rings. The number of benzene rings is 2. The van der Waals surface area contributed by atoms with Gasteiger partial charge in [-0.2, -0.15) is 0 Å². The van der Waals surface area contributed by atoms with Crippen LogP contribution in [0.15, 0.2) is 24.3 Å². The summed E-state index contributed by atoms with van der Waals surface area (Å²) in [6, 6.07) is 4.79. The summed E-state index contributed by atoms with van der Waals surface area (Å²) >= 11 is 0. The number of nitrogens with zero attached hydrogens (tertiary/aromatic N) is 1. The number of amides is 1. The number of rotatable bonds is 5. The largest absolute Gasteiger partial charge is 0.461 e. The summed E-state index contributed by atoms with van der Waals surface area (Å²) in [5, 5.41) is 0. The molecule has 3 rings (SSSR count). The molecule has 0 aromatic heterocycles. The van der Waals surface area contributed by atoms with E-state index in [1.165, 1.54) is 11.8 Å². The lowest BCUT2D eigenvalue weighted by molar-refractivity contribution is -0.151. The summed E-state index contributed by atoms with van der Waals surface area (Å²) in [7, 11) is 0. The summed E-state index contributed by atoms with van der Waals surface area (Å²) in [5.74, 6) is -2.90. The van der Waals surface area contributed by atoms with Crippen LogP contribution in [-0.4, -0.2) is 35.6 Å². The van der Waals surface area contributed by atoms with Gasteiger partial charge in [0.25, 0.3) is 5.91 Å². The van der Waals surface area contributed by atoms with E-state index in [-0.39, 0.29) is 42.9 Å². The van der Waals surface area contributed by atoms with Gasteiger partial charge in [-0.15, -0.1) is 0 Å². The Kier molecular flexibility index (Phi) is 7.06. The Morgan fingerprint density at radius 2 is 1.69 bits per heavy atom. The van der Waals surface area contributed by atoms with E-state index < -0.39 is 17.5 Å². The molecule has 0 unspecified atom stereocenters. The lowest BCUT2D eigenvalue weighted by Crippen LogP contribution is -2.41. The van der Waals surface area contributed by atoms with Crippen LogP contribution in [0.3, 0.4) is 0 Å². The highest BCUT2D eigenvalue weighted by molar-refractivity contribution is 5.97. The zero-order valence-electron chi connectivity index (χ0n) is 18.8. The van der Waals surface area contributed by atoms with Crippen molar-refractivity contribution in [2.75, 3.05) is 13.1 Å². The van der Waals surface area contributed by atoms with Gasteiger partial charge < -0.3 is 9.64 Å². The average molecular weight is 443 g/mol. The average Bonchev–Trinajstić information content (AvgIpc) is 2.72. The normalized spacial score (nSPS) is 14.4. The molecule has 1 heterocycles. The number of carbonyl (C=O) groups excluding carboxylic acids is 3. The highest BCUT2D eigenvalue weighted by Gasteiger charge is 2.30. The molecule has 1 saturated heterocycles. The van der Waals surface area contributed by atoms with Crippen LogP contribution in [0.25, 0.3) is 0 Å². The fraction of sp³-hybridized carbons (Fsp3) is 0.400. The Hall–Kier alpha value is -3.09. The highest BCUT2D eigenvalue weighted by Crippen LogP contribution is 2.26. The minimum Gasteiger partial charge on any atom is -0.461 e. The van der Waals surface area contributed by atoms with Gasteiger partial charge in [0.1, 0.15) is 18.2 Å². The molecule has 32 heavy (non-hydrogen) atoms. The van der Waals surface area contributed by atoms with Gasteiger partial charge in [0, 0.05) is 24.7 Å². The summed E-state index contributed by atoms with van der Waals surface area (Å²) in [5.41, 5.74) is 3.98. The Labute approximate surface area is 186 Å². The van der Waals surface area contributed by atoms with E-state index in [1.807, 2.05) is 26.8 Å². The zero-order chi connectivity index (χ0) is 23.6. The molecule has 1 aliphatic heterocycles. The Bertz CT molecular complexity index is 1070. The van der Waals surface area contributed by atoms with Crippen molar-refractivity contribution in [2.24, 2.45) is 5.92 Å². The fourth-order valence-corrected chi connectivity index (χ4v) is 4.40. The van der Waals surface area contributed by atoms with Crippen LogP contribution in [0.5, 0.6) is 0 Å². The number of carbonyl (C=O) groups is 3. The monoisotopic (exact) mass is 443 g/mol. The minimum absolute atomic E-state index is 0.0257. The van der Waals surface area contributed by atoms with Crippen molar-refractivity contribution in [3.8, 4) is 0 Å². The second-order valence-electron chi connectivity index (χ2n) is 8.34. The second kappa shape index (κ2) is 9.59. The van der Waals surface area contributed by atoms with Gasteiger partial charge in [0.15, 0.2) is 5.78 Å². The molecule has 2 aromatic carbocycles. The van der Waals surface area contributed by atoms with Crippen LogP contribution >= 0.6 is 0 Å². The molecule has 0 N–H and O–H groups in total. The molecule has 7 heteroatoms. The van der Waals surface area contributed by atoms with Crippen LogP contribution in [0, 0.1) is 38.3 Å². The first-order valence-corrected chi connectivity index (χ1v) is 10.6. The minimum atomic E-state index is -0.898. The van der Waals surface area contributed by atoms with Gasteiger partial charge in [0.2, 0.25) is 0 Å². The molecule has 0 radical (unpaired) electrons. The molecule has 5 nitrogen and oxygen atoms in total. The number of likely N-dealkylation sites (tertiary alicyclic amines) is 1. The van der Waals surface area contributed by atoms with Crippen molar-refractivity contribution in [2.45, 2.75) is 47.1 Å². The third kappa shape index (κ3) is 4.87. The van der Waals surface area contributed by atoms with Crippen molar-refractivity contribution in [3.05, 3.63) is 69.3 Å². The molecule has 0 aliphatic carbocycles. The van der Waals surface area contributed by atoms with Gasteiger partial charge in [-0.25, -0.2) is 8.78 Å². The number of aryl methyl sites for hydroxylation is 2. The van der Waals surface area contributed by atoms with Crippen LogP contribution < -0.4 is 0 Å². The fourth-order valence-electron chi connectivity index (χ4n) is 4.40. The van der Waals surface area contributed by atoms with Gasteiger partial charge in [0.05, 0.1) is 11.5 Å². The number of halogens is 2. The van der Waals surface area contributed by atoms with Crippen LogP contribution in [0.1, 0.15) is 62.7 Å². The van der Waals surface area contributed by atoms with E-state index in [0.717, 1.165) is 34.4 Å². The quantitative estimate of drug-likeness (QED) is 0.497. The van der Waals surface area contributed by atoms with E-state index >= 15 is 0 Å². The van der Waals surface area contributed by atoms with E-state index in [2.05, 4.69) is 0 Å². The maximum atomic E-state index is 13.9. The molecular formula is C25H27F2NO4. The number of hydrogen-bond acceptors (Lipinski definition) is 4. The first-order chi connectivity index (χ1) is 15.1. The number of ketones is 1. The maximum Gasteiger partial charge on any atom is 0.309 e. The van der Waals surface area contributed by atoms with Gasteiger partial charge in [-0.1, -0.05) is 6.07 Å². The summed E-state index contributed by atoms with van der Waals surface area (Å²) in [6.45, 7) is 7.84. The SMILES string of the molecule is CC(=O)c1c(C)cc(C)c(COC(=O)C2CCN(C(=O)c3ccc(F)cc3F)CC2)c1C. The third-order valence-electron chi connectivity index (χ3n) is 6.12. The van der Waals surface area contributed by atoms with Gasteiger partial charge in [-0.05, 0) is 74.9 Å². The number of Topliss-reactive ketones (excluding diaryl/α,β-unsaturated/α-hetero) is 1. The number of esters is 1. The van der Waals surface area contributed by atoms with Crippen molar-refractivity contribution in [1.82, 2.24) is 4.90 Å². The lowest BCUT2D eigenvalue weighted by atomic mass is 9.92. The molecule has 0 spiro atoms. The molecule has 2 aromatic rings. The topological polar surface area (TPSA) is 63.7 Å². The van der Waals surface area contributed by atoms with Crippen molar-refractivity contribution in [1.29, 1.82) is 0 Å². The van der Waals surface area contributed by atoms with Crippen LogP contribution in [-0.2, 0) is 16.1 Å². The molecule has 0 bridgehead atoms. The first kappa shape index (κ1) is 23.6. The summed E-state index contributed by atoms with van der Waals surface area (Å²) in [6.07, 6.45) is 0.801. The van der Waals surface area contributed by atoms with Crippen molar-refractivity contribution >= 4 is 17.7 Å². The number of piperidine rings is 1. The van der Waals surface area contributed by atoms with E-state index in [4.69, 9.17) is 4.74 Å². The third-order valence-corrected chi connectivity index (χ3v) is 6.12. The number of hydrogen-bond donors (Lipinski definition) is 0. The van der Waals surface area contributed by atoms with E-state index in [1.54, 1.807) is 0 Å². The molecular weight excluding hydrogens is 416 g/mol. The molecule has 170 valence electrons. The van der Waals surface area contributed by atoms with Gasteiger partial charge in [-0.3, -0.25) is 14.4 Å². The predicted octanol–water partition coefficient (Wildman–Crippen LogP) is 4.69. The highest BCUT2D eigenvalue weighted by atomic mass is 19.1. The van der Waals surface area contributed by atoms with Crippen LogP contribution in [0.4, 0.5) is 8.78 Å². The molecule has 1 amide bonds. The Balaban J connectivity index is 1.60. The number of ether oxygens (including phenoxy) is 1. The Morgan fingerprint density at radius 1 is 1.03 bits per heavy atom. The molecule has 1 fully saturated rings. The van der Waals surface area contributed by atoms with E-state index in [9.17, 15) is 23.2 Å². The molecule has 0 saturated carbocycles. The van der Waals surface area contributed by atoms with Gasteiger partial charge >= 0.3 is 5.97 Å². The van der Waals surface area contributed by atoms with Crippen molar-refractivity contribution in [3.63, 3.8) is 0 Å². The summed E-state index contributed by atoms with van der Waals surface area (Å²) in [4.78, 5) is 38.6. The zero-order valence-corrected chi connectivity index (χ0v) is 18.8. The predicted molar refractivity (Wildman–Crippen MR) is 115 cm³/mol. The van der Waals surface area contributed by atoms with Crippen LogP contribution in [0.2, 0.25) is 0 Å².